The van der Waals surface area contributed by atoms with E-state index >= 15 is 0 Å². The van der Waals surface area contributed by atoms with E-state index in [-0.39, 0.29) is 18.1 Å². The Morgan fingerprint density at radius 3 is 2.63 bits per heavy atom. The molecule has 19 heavy (non-hydrogen) atoms. The maximum absolute atomic E-state index is 12.1. The molecule has 0 aromatic rings. The van der Waals surface area contributed by atoms with Gasteiger partial charge in [-0.3, -0.25) is 9.69 Å². The molecule has 0 radical (unpaired) electrons. The minimum Gasteiger partial charge on any atom is -0.363 e. The lowest BCUT2D eigenvalue weighted by atomic mass is 10.0. The summed E-state index contributed by atoms with van der Waals surface area (Å²) in [4.78, 5) is 16.5. The van der Waals surface area contributed by atoms with Crippen LogP contribution in [0.25, 0.3) is 0 Å². The molecule has 0 spiro atoms. The fraction of sp³-hybridized carbons (Fsp3) is 0.929. The number of likely N-dealkylation sites (tertiary alicyclic amines) is 1. The van der Waals surface area contributed by atoms with Gasteiger partial charge in [0.05, 0.1) is 5.60 Å². The Bertz CT molecular complexity index is 314. The van der Waals surface area contributed by atoms with Crippen molar-refractivity contribution in [1.29, 1.82) is 0 Å². The van der Waals surface area contributed by atoms with Crippen molar-refractivity contribution in [2.75, 3.05) is 45.9 Å². The summed E-state index contributed by atoms with van der Waals surface area (Å²) in [6.07, 6.45) is 1.09. The largest absolute Gasteiger partial charge is 0.363 e. The molecule has 2 rings (SSSR count). The number of hydrogen-bond donors (Lipinski definition) is 1. The minimum absolute atomic E-state index is 0.131. The second kappa shape index (κ2) is 6.20. The van der Waals surface area contributed by atoms with Crippen molar-refractivity contribution in [1.82, 2.24) is 15.1 Å². The van der Waals surface area contributed by atoms with Crippen LogP contribution in [0, 0.1) is 0 Å². The van der Waals surface area contributed by atoms with Crippen LogP contribution < -0.4 is 5.32 Å². The summed E-state index contributed by atoms with van der Waals surface area (Å²) < 4.78 is 5.72. The highest BCUT2D eigenvalue weighted by atomic mass is 16.5. The average molecular weight is 269 g/mol. The van der Waals surface area contributed by atoms with Gasteiger partial charge in [-0.1, -0.05) is 13.8 Å². The normalized spacial score (nSPS) is 25.7. The van der Waals surface area contributed by atoms with Gasteiger partial charge in [-0.05, 0) is 26.4 Å². The summed E-state index contributed by atoms with van der Waals surface area (Å²) in [6.45, 7) is 12.2. The third-order valence-corrected chi connectivity index (χ3v) is 4.39. The lowest BCUT2D eigenvalue weighted by Gasteiger charge is -2.39. The highest BCUT2D eigenvalue weighted by Crippen LogP contribution is 2.18. The number of amides is 1. The second-order valence-corrected chi connectivity index (χ2v) is 5.85. The smallest absolute Gasteiger partial charge is 0.248 e. The van der Waals surface area contributed by atoms with Crippen molar-refractivity contribution in [2.24, 2.45) is 0 Å². The van der Waals surface area contributed by atoms with Crippen molar-refractivity contribution in [3.63, 3.8) is 0 Å². The van der Waals surface area contributed by atoms with Crippen LogP contribution in [0.1, 0.15) is 27.2 Å². The van der Waals surface area contributed by atoms with Gasteiger partial charge in [-0.15, -0.1) is 0 Å². The molecule has 2 fully saturated rings. The van der Waals surface area contributed by atoms with Gasteiger partial charge in [-0.2, -0.15) is 0 Å². The van der Waals surface area contributed by atoms with Crippen LogP contribution in [0.5, 0.6) is 0 Å². The van der Waals surface area contributed by atoms with Crippen LogP contribution in [-0.2, 0) is 9.53 Å². The molecule has 0 aromatic heterocycles. The third-order valence-electron chi connectivity index (χ3n) is 4.39. The number of ether oxygens (including phenoxy) is 1. The summed E-state index contributed by atoms with van der Waals surface area (Å²) in [5, 5.41) is 3.18. The Morgan fingerprint density at radius 2 is 2.11 bits per heavy atom. The first-order chi connectivity index (χ1) is 9.08. The van der Waals surface area contributed by atoms with Gasteiger partial charge >= 0.3 is 0 Å². The Kier molecular flexibility index (Phi) is 4.81. The van der Waals surface area contributed by atoms with Crippen LogP contribution >= 0.6 is 0 Å². The van der Waals surface area contributed by atoms with E-state index in [2.05, 4.69) is 31.0 Å². The van der Waals surface area contributed by atoms with Crippen molar-refractivity contribution in [3.05, 3.63) is 0 Å². The van der Waals surface area contributed by atoms with E-state index in [4.69, 9.17) is 4.74 Å². The van der Waals surface area contributed by atoms with E-state index in [9.17, 15) is 4.79 Å². The Hall–Kier alpha value is -0.650. The number of likely N-dealkylation sites (N-methyl/N-ethyl adjacent to an activating group) is 1. The van der Waals surface area contributed by atoms with Gasteiger partial charge in [0.25, 0.3) is 0 Å². The minimum atomic E-state index is -0.131. The van der Waals surface area contributed by atoms with Gasteiger partial charge in [0, 0.05) is 32.2 Å². The third kappa shape index (κ3) is 3.46. The van der Waals surface area contributed by atoms with E-state index in [1.54, 1.807) is 0 Å². The molecule has 0 saturated carbocycles. The molecular formula is C14H27N3O2. The molecule has 1 unspecified atom stereocenters. The van der Waals surface area contributed by atoms with E-state index in [1.807, 2.05) is 4.90 Å². The molecule has 1 atom stereocenters. The summed E-state index contributed by atoms with van der Waals surface area (Å²) in [7, 11) is 0. The second-order valence-electron chi connectivity index (χ2n) is 5.85. The van der Waals surface area contributed by atoms with Crippen LogP contribution in [-0.4, -0.2) is 73.2 Å². The number of carbonyl (C=O) groups is 1. The molecule has 5 heteroatoms. The zero-order valence-electron chi connectivity index (χ0n) is 12.4. The maximum Gasteiger partial charge on any atom is 0.248 e. The molecule has 0 aliphatic carbocycles. The van der Waals surface area contributed by atoms with E-state index < -0.39 is 0 Å². The quantitative estimate of drug-likeness (QED) is 0.754. The SMILES string of the molecule is CCN(CC)C1CCN(C(=O)COC2(C)CNC2)C1. The predicted molar refractivity (Wildman–Crippen MR) is 75.1 cm³/mol. The molecule has 110 valence electrons. The molecule has 0 bridgehead atoms. The van der Waals surface area contributed by atoms with Crippen LogP contribution in [0.15, 0.2) is 0 Å². The Labute approximate surface area is 116 Å². The highest BCUT2D eigenvalue weighted by molar-refractivity contribution is 5.77. The molecular weight excluding hydrogens is 242 g/mol. The summed E-state index contributed by atoms with van der Waals surface area (Å²) in [5.74, 6) is 0.141. The van der Waals surface area contributed by atoms with Crippen molar-refractivity contribution < 1.29 is 9.53 Å². The Morgan fingerprint density at radius 1 is 1.42 bits per heavy atom. The van der Waals surface area contributed by atoms with Crippen molar-refractivity contribution in [3.8, 4) is 0 Å². The summed E-state index contributed by atoms with van der Waals surface area (Å²) in [6, 6.07) is 0.528. The van der Waals surface area contributed by atoms with Crippen molar-refractivity contribution >= 4 is 5.91 Å². The first-order valence-electron chi connectivity index (χ1n) is 7.44. The predicted octanol–water partition coefficient (Wildman–Crippen LogP) is 0.308. The summed E-state index contributed by atoms with van der Waals surface area (Å²) >= 11 is 0. The number of rotatable bonds is 6. The van der Waals surface area contributed by atoms with Gasteiger partial charge in [0.15, 0.2) is 0 Å². The number of carbonyl (C=O) groups excluding carboxylic acids is 1. The van der Waals surface area contributed by atoms with Crippen LogP contribution in [0.3, 0.4) is 0 Å². The number of hydrogen-bond acceptors (Lipinski definition) is 4. The topological polar surface area (TPSA) is 44.8 Å². The van der Waals surface area contributed by atoms with Crippen molar-refractivity contribution in [2.45, 2.75) is 38.8 Å². The van der Waals surface area contributed by atoms with E-state index in [0.717, 1.165) is 45.7 Å². The number of nitrogens with one attached hydrogen (secondary N) is 1. The first-order valence-corrected chi connectivity index (χ1v) is 7.44. The van der Waals surface area contributed by atoms with Gasteiger partial charge in [0.2, 0.25) is 5.91 Å². The zero-order chi connectivity index (χ0) is 13.9. The van der Waals surface area contributed by atoms with E-state index in [0.29, 0.717) is 6.04 Å². The van der Waals surface area contributed by atoms with E-state index in [1.165, 1.54) is 0 Å². The Balaban J connectivity index is 1.75. The monoisotopic (exact) mass is 269 g/mol. The zero-order valence-corrected chi connectivity index (χ0v) is 12.4. The molecule has 1 amide bonds. The maximum atomic E-state index is 12.1. The molecule has 5 nitrogen and oxygen atoms in total. The summed E-state index contributed by atoms with van der Waals surface area (Å²) in [5.41, 5.74) is -0.131. The molecule has 0 aromatic carbocycles. The van der Waals surface area contributed by atoms with Crippen LogP contribution in [0.4, 0.5) is 0 Å². The lowest BCUT2D eigenvalue weighted by molar-refractivity contribution is -0.145. The first kappa shape index (κ1) is 14.8. The standard InChI is InChI=1S/C14H27N3O2/c1-4-16(5-2)12-6-7-17(8-12)13(18)9-19-14(3)10-15-11-14/h12,15H,4-11H2,1-3H3. The van der Waals surface area contributed by atoms with Gasteiger partial charge in [0.1, 0.15) is 6.61 Å². The average Bonchev–Trinajstić information content (AvgIpc) is 2.85. The van der Waals surface area contributed by atoms with Gasteiger partial charge in [-0.25, -0.2) is 0 Å². The fourth-order valence-corrected chi connectivity index (χ4v) is 2.91. The molecule has 2 saturated heterocycles. The highest BCUT2D eigenvalue weighted by Gasteiger charge is 2.35. The van der Waals surface area contributed by atoms with Crippen LogP contribution in [0.2, 0.25) is 0 Å². The molecule has 1 N–H and O–H groups in total. The fourth-order valence-electron chi connectivity index (χ4n) is 2.91. The van der Waals surface area contributed by atoms with Gasteiger partial charge < -0.3 is 15.0 Å². The number of nitrogens with zero attached hydrogens (tertiary/aromatic N) is 2. The molecule has 2 heterocycles. The lowest BCUT2D eigenvalue weighted by Crippen LogP contribution is -2.59. The molecule has 2 aliphatic heterocycles. The molecule has 2 aliphatic rings.